The first-order valence-electron chi connectivity index (χ1n) is 7.72. The van der Waals surface area contributed by atoms with Crippen molar-refractivity contribution >= 4 is 13.3 Å². The average molecular weight is 351 g/mol. The van der Waals surface area contributed by atoms with Gasteiger partial charge in [0.05, 0.1) is 13.2 Å². The lowest BCUT2D eigenvalue weighted by atomic mass is 10.2. The molecule has 0 fully saturated rings. The number of nitrogens with one attached hydrogen (secondary N) is 1. The molecule has 1 unspecified atom stereocenters. The van der Waals surface area contributed by atoms with Gasteiger partial charge >= 0.3 is 7.60 Å². The SMILES string of the molecule is CCOP(=O)(OCC)C(Nc1ccccc1)c1ccc(O)c(O)c1. The number of benzene rings is 2. The Morgan fingerprint density at radius 2 is 1.62 bits per heavy atom. The van der Waals surface area contributed by atoms with E-state index >= 15 is 0 Å². The summed E-state index contributed by atoms with van der Waals surface area (Å²) < 4.78 is 24.2. The Hall–Kier alpha value is -2.01. The summed E-state index contributed by atoms with van der Waals surface area (Å²) in [5, 5.41) is 22.5. The van der Waals surface area contributed by atoms with Crippen LogP contribution in [0.15, 0.2) is 48.5 Å². The van der Waals surface area contributed by atoms with Gasteiger partial charge in [-0.2, -0.15) is 0 Å². The van der Waals surface area contributed by atoms with Gasteiger partial charge in [0.1, 0.15) is 0 Å². The molecule has 0 spiro atoms. The van der Waals surface area contributed by atoms with Crippen LogP contribution in [0, 0.1) is 0 Å². The smallest absolute Gasteiger partial charge is 0.357 e. The Morgan fingerprint density at radius 3 is 2.17 bits per heavy atom. The van der Waals surface area contributed by atoms with Crippen molar-refractivity contribution in [2.24, 2.45) is 0 Å². The van der Waals surface area contributed by atoms with Crippen LogP contribution in [0.2, 0.25) is 0 Å². The fraction of sp³-hybridized carbons (Fsp3) is 0.294. The second kappa shape index (κ2) is 8.20. The fourth-order valence-electron chi connectivity index (χ4n) is 2.29. The van der Waals surface area contributed by atoms with Crippen molar-refractivity contribution in [1.29, 1.82) is 0 Å². The zero-order valence-corrected chi connectivity index (χ0v) is 14.6. The molecule has 24 heavy (non-hydrogen) atoms. The Morgan fingerprint density at radius 1 is 1.00 bits per heavy atom. The summed E-state index contributed by atoms with van der Waals surface area (Å²) in [6.07, 6.45) is 0. The van der Waals surface area contributed by atoms with Crippen LogP contribution in [-0.4, -0.2) is 23.4 Å². The Bertz CT molecular complexity index is 697. The topological polar surface area (TPSA) is 88.0 Å². The van der Waals surface area contributed by atoms with E-state index in [1.54, 1.807) is 19.9 Å². The lowest BCUT2D eigenvalue weighted by Crippen LogP contribution is -2.15. The standard InChI is InChI=1S/C17H22NO5P/c1-3-22-24(21,23-4-2)17(18-14-8-6-5-7-9-14)13-10-11-15(19)16(20)12-13/h5-12,17-20H,3-4H2,1-2H3. The molecular weight excluding hydrogens is 329 g/mol. The molecule has 130 valence electrons. The van der Waals surface area contributed by atoms with Crippen LogP contribution in [0.1, 0.15) is 25.2 Å². The number of rotatable bonds is 8. The molecule has 0 amide bonds. The van der Waals surface area contributed by atoms with Crippen LogP contribution in [-0.2, 0) is 13.6 Å². The quantitative estimate of drug-likeness (QED) is 0.480. The summed E-state index contributed by atoms with van der Waals surface area (Å²) >= 11 is 0. The fourth-order valence-corrected chi connectivity index (χ4v) is 4.22. The minimum absolute atomic E-state index is 0.217. The van der Waals surface area contributed by atoms with E-state index in [4.69, 9.17) is 9.05 Å². The first-order chi connectivity index (χ1) is 11.5. The molecule has 0 aromatic heterocycles. The Balaban J connectivity index is 2.46. The monoisotopic (exact) mass is 351 g/mol. The lowest BCUT2D eigenvalue weighted by molar-refractivity contribution is 0.214. The predicted molar refractivity (Wildman–Crippen MR) is 93.4 cm³/mol. The number of hydrogen-bond donors (Lipinski definition) is 3. The molecule has 0 radical (unpaired) electrons. The van der Waals surface area contributed by atoms with Crippen molar-refractivity contribution < 1.29 is 23.8 Å². The van der Waals surface area contributed by atoms with Crippen molar-refractivity contribution in [1.82, 2.24) is 0 Å². The van der Waals surface area contributed by atoms with E-state index in [1.807, 2.05) is 30.3 Å². The largest absolute Gasteiger partial charge is 0.504 e. The molecule has 0 heterocycles. The number of para-hydroxylation sites is 1. The Kier molecular flexibility index (Phi) is 6.26. The summed E-state index contributed by atoms with van der Waals surface area (Å²) in [5.41, 5.74) is 1.22. The summed E-state index contributed by atoms with van der Waals surface area (Å²) in [4.78, 5) is 0. The van der Waals surface area contributed by atoms with E-state index < -0.39 is 13.4 Å². The molecule has 6 nitrogen and oxygen atoms in total. The van der Waals surface area contributed by atoms with Crippen molar-refractivity contribution in [3.8, 4) is 11.5 Å². The van der Waals surface area contributed by atoms with E-state index in [-0.39, 0.29) is 24.7 Å². The van der Waals surface area contributed by atoms with Gasteiger partial charge in [-0.3, -0.25) is 4.57 Å². The first kappa shape index (κ1) is 18.3. The van der Waals surface area contributed by atoms with Gasteiger partial charge in [0, 0.05) is 5.69 Å². The highest BCUT2D eigenvalue weighted by molar-refractivity contribution is 7.54. The molecule has 0 saturated heterocycles. The van der Waals surface area contributed by atoms with Gasteiger partial charge in [-0.15, -0.1) is 0 Å². The van der Waals surface area contributed by atoms with Crippen molar-refractivity contribution in [2.45, 2.75) is 19.6 Å². The second-order valence-electron chi connectivity index (χ2n) is 5.04. The number of aromatic hydroxyl groups is 2. The normalized spacial score (nSPS) is 12.8. The third-order valence-electron chi connectivity index (χ3n) is 3.33. The lowest BCUT2D eigenvalue weighted by Gasteiger charge is -2.28. The molecule has 2 rings (SSSR count). The van der Waals surface area contributed by atoms with Crippen LogP contribution in [0.3, 0.4) is 0 Å². The van der Waals surface area contributed by atoms with Gasteiger partial charge in [-0.1, -0.05) is 24.3 Å². The minimum atomic E-state index is -3.56. The van der Waals surface area contributed by atoms with Gasteiger partial charge in [0.25, 0.3) is 0 Å². The summed E-state index contributed by atoms with van der Waals surface area (Å²) in [5.74, 6) is -1.38. The summed E-state index contributed by atoms with van der Waals surface area (Å²) in [7, 11) is -3.56. The predicted octanol–water partition coefficient (Wildman–Crippen LogP) is 4.47. The van der Waals surface area contributed by atoms with Crippen LogP contribution >= 0.6 is 7.60 Å². The van der Waals surface area contributed by atoms with Gasteiger partial charge in [-0.05, 0) is 43.7 Å². The highest BCUT2D eigenvalue weighted by Crippen LogP contribution is 2.61. The molecule has 1 atom stereocenters. The third-order valence-corrected chi connectivity index (χ3v) is 5.62. The molecule has 7 heteroatoms. The minimum Gasteiger partial charge on any atom is -0.504 e. The van der Waals surface area contributed by atoms with Crippen molar-refractivity contribution in [2.75, 3.05) is 18.5 Å². The molecule has 0 aliphatic carbocycles. The number of phenols is 2. The average Bonchev–Trinajstić information content (AvgIpc) is 2.57. The molecule has 2 aromatic rings. The van der Waals surface area contributed by atoms with Gasteiger partial charge in [0.2, 0.25) is 0 Å². The van der Waals surface area contributed by atoms with E-state index in [2.05, 4.69) is 5.32 Å². The Labute approximate surface area is 141 Å². The van der Waals surface area contributed by atoms with Gasteiger partial charge in [0.15, 0.2) is 17.3 Å². The molecule has 0 aliphatic rings. The zero-order valence-electron chi connectivity index (χ0n) is 13.7. The molecule has 0 aliphatic heterocycles. The summed E-state index contributed by atoms with van der Waals surface area (Å²) in [6, 6.07) is 13.5. The molecule has 0 bridgehead atoms. The van der Waals surface area contributed by atoms with Crippen LogP contribution in [0.5, 0.6) is 11.5 Å². The summed E-state index contributed by atoms with van der Waals surface area (Å²) in [6.45, 7) is 3.90. The number of hydrogen-bond acceptors (Lipinski definition) is 6. The van der Waals surface area contributed by atoms with E-state index in [9.17, 15) is 14.8 Å². The molecule has 0 saturated carbocycles. The third kappa shape index (κ3) is 4.29. The highest BCUT2D eigenvalue weighted by Gasteiger charge is 2.37. The maximum atomic E-state index is 13.3. The number of phenolic OH excluding ortho intramolecular Hbond substituents is 2. The molecular formula is C17H22NO5P. The maximum Gasteiger partial charge on any atom is 0.357 e. The second-order valence-corrected chi connectivity index (χ2v) is 7.15. The van der Waals surface area contributed by atoms with E-state index in [0.717, 1.165) is 5.69 Å². The maximum absolute atomic E-state index is 13.3. The van der Waals surface area contributed by atoms with Gasteiger partial charge in [-0.25, -0.2) is 0 Å². The van der Waals surface area contributed by atoms with Gasteiger partial charge < -0.3 is 24.6 Å². The molecule has 2 aromatic carbocycles. The van der Waals surface area contributed by atoms with Crippen molar-refractivity contribution in [3.05, 3.63) is 54.1 Å². The van der Waals surface area contributed by atoms with E-state index in [1.165, 1.54) is 12.1 Å². The highest BCUT2D eigenvalue weighted by atomic mass is 31.2. The van der Waals surface area contributed by atoms with Crippen LogP contribution in [0.4, 0.5) is 5.69 Å². The number of anilines is 1. The van der Waals surface area contributed by atoms with E-state index in [0.29, 0.717) is 5.56 Å². The van der Waals surface area contributed by atoms with Crippen molar-refractivity contribution in [3.63, 3.8) is 0 Å². The van der Waals surface area contributed by atoms with Crippen LogP contribution < -0.4 is 5.32 Å². The van der Waals surface area contributed by atoms with Crippen LogP contribution in [0.25, 0.3) is 0 Å². The zero-order chi connectivity index (χ0) is 17.6. The molecule has 3 N–H and O–H groups in total. The first-order valence-corrected chi connectivity index (χ1v) is 9.33.